The Labute approximate surface area is 224 Å². The highest BCUT2D eigenvalue weighted by atomic mass is 35.5. The van der Waals surface area contributed by atoms with Gasteiger partial charge in [-0.1, -0.05) is 101 Å². The second-order valence-electron chi connectivity index (χ2n) is 8.10. The lowest BCUT2D eigenvalue weighted by molar-refractivity contribution is 0.340. The first-order valence-electron chi connectivity index (χ1n) is 11.5. The van der Waals surface area contributed by atoms with Crippen LogP contribution < -0.4 is 9.64 Å². The maximum atomic E-state index is 6.38. The molecule has 0 aliphatic carbocycles. The zero-order valence-electron chi connectivity index (χ0n) is 19.6. The van der Waals surface area contributed by atoms with Gasteiger partial charge in [-0.25, -0.2) is 0 Å². The molecule has 0 atom stereocenters. The lowest BCUT2D eigenvalue weighted by Gasteiger charge is -2.22. The smallest absolute Gasteiger partial charge is 0.213 e. The third kappa shape index (κ3) is 5.54. The molecule has 36 heavy (non-hydrogen) atoms. The van der Waals surface area contributed by atoms with E-state index >= 15 is 0 Å². The van der Waals surface area contributed by atoms with Gasteiger partial charge in [0.05, 0.1) is 23.2 Å². The number of rotatable bonds is 8. The summed E-state index contributed by atoms with van der Waals surface area (Å²) < 4.78 is 5.66. The molecule has 5 aromatic rings. The van der Waals surface area contributed by atoms with Crippen LogP contribution in [0.4, 0.5) is 10.8 Å². The van der Waals surface area contributed by atoms with Crippen molar-refractivity contribution < 1.29 is 4.74 Å². The van der Waals surface area contributed by atoms with Gasteiger partial charge in [0.2, 0.25) is 5.13 Å². The van der Waals surface area contributed by atoms with E-state index in [4.69, 9.17) is 27.9 Å². The van der Waals surface area contributed by atoms with Crippen LogP contribution in [0.2, 0.25) is 10.0 Å². The Morgan fingerprint density at radius 2 is 1.50 bits per heavy atom. The largest absolute Gasteiger partial charge is 0.494 e. The Morgan fingerprint density at radius 1 is 0.750 bits per heavy atom. The molecule has 0 fully saturated rings. The van der Waals surface area contributed by atoms with E-state index in [1.807, 2.05) is 61.5 Å². The van der Waals surface area contributed by atoms with Gasteiger partial charge in [-0.15, -0.1) is 10.2 Å². The molecule has 5 rings (SSSR count). The predicted molar refractivity (Wildman–Crippen MR) is 151 cm³/mol. The van der Waals surface area contributed by atoms with Crippen LogP contribution in [-0.2, 0) is 6.54 Å². The summed E-state index contributed by atoms with van der Waals surface area (Å²) in [6.45, 7) is 3.18. The molecule has 0 saturated heterocycles. The van der Waals surface area contributed by atoms with Gasteiger partial charge in [-0.3, -0.25) is 0 Å². The fourth-order valence-electron chi connectivity index (χ4n) is 3.86. The summed E-state index contributed by atoms with van der Waals surface area (Å²) in [4.78, 5) is 2.10. The van der Waals surface area contributed by atoms with Crippen LogP contribution >= 0.6 is 34.5 Å². The number of hydrogen-bond acceptors (Lipinski definition) is 5. The Kier molecular flexibility index (Phi) is 7.52. The zero-order valence-corrected chi connectivity index (χ0v) is 21.9. The number of benzene rings is 4. The average Bonchev–Trinajstić information content (AvgIpc) is 3.40. The van der Waals surface area contributed by atoms with Crippen LogP contribution in [0.15, 0.2) is 97.1 Å². The lowest BCUT2D eigenvalue weighted by atomic mass is 10.0. The molecular formula is C29H23Cl2N3OS. The molecular weight excluding hydrogens is 509 g/mol. The highest BCUT2D eigenvalue weighted by Gasteiger charge is 2.18. The number of halogens is 2. The van der Waals surface area contributed by atoms with Gasteiger partial charge in [-0.05, 0) is 53.9 Å². The number of aromatic nitrogens is 2. The Balaban J connectivity index is 1.47. The summed E-state index contributed by atoms with van der Waals surface area (Å²) in [6.07, 6.45) is 0. The molecule has 4 aromatic carbocycles. The minimum Gasteiger partial charge on any atom is -0.494 e. The molecule has 1 heterocycles. The van der Waals surface area contributed by atoms with Crippen molar-refractivity contribution in [2.24, 2.45) is 0 Å². The molecule has 0 aliphatic rings. The standard InChI is InChI=1S/C29H23Cl2N3OS/c1-2-35-25-10-6-9-23(17-25)28-32-33-29(36-28)34(24-15-16-26(30)27(31)18-24)19-20-11-13-22(14-12-20)21-7-4-3-5-8-21/h3-18H,2,19H2,1H3. The summed E-state index contributed by atoms with van der Waals surface area (Å²) in [7, 11) is 0. The normalized spacial score (nSPS) is 10.9. The van der Waals surface area contributed by atoms with Gasteiger partial charge in [0.1, 0.15) is 10.8 Å². The number of hydrogen-bond donors (Lipinski definition) is 0. The second kappa shape index (κ2) is 11.1. The predicted octanol–water partition coefficient (Wildman–Crippen LogP) is 8.92. The first-order valence-corrected chi connectivity index (χ1v) is 13.1. The fourth-order valence-corrected chi connectivity index (χ4v) is 5.02. The van der Waals surface area contributed by atoms with Crippen LogP contribution in [0.25, 0.3) is 21.7 Å². The molecule has 0 spiro atoms. The molecule has 180 valence electrons. The lowest BCUT2D eigenvalue weighted by Crippen LogP contribution is -2.16. The van der Waals surface area contributed by atoms with E-state index in [0.717, 1.165) is 32.7 Å². The monoisotopic (exact) mass is 531 g/mol. The topological polar surface area (TPSA) is 38.3 Å². The summed E-state index contributed by atoms with van der Waals surface area (Å²) in [6, 6.07) is 32.4. The first-order chi connectivity index (χ1) is 17.6. The molecule has 0 N–H and O–H groups in total. The summed E-state index contributed by atoms with van der Waals surface area (Å²) in [5.41, 5.74) is 5.35. The molecule has 0 saturated carbocycles. The number of nitrogens with zero attached hydrogens (tertiary/aromatic N) is 3. The molecule has 0 amide bonds. The first kappa shape index (κ1) is 24.3. The van der Waals surface area contributed by atoms with Crippen molar-refractivity contribution in [1.82, 2.24) is 10.2 Å². The van der Waals surface area contributed by atoms with Crippen molar-refractivity contribution >= 4 is 45.4 Å². The minimum atomic E-state index is 0.493. The van der Waals surface area contributed by atoms with Crippen molar-refractivity contribution in [3.63, 3.8) is 0 Å². The van der Waals surface area contributed by atoms with Crippen LogP contribution in [0, 0.1) is 0 Å². The van der Waals surface area contributed by atoms with Crippen molar-refractivity contribution in [2.45, 2.75) is 13.5 Å². The van der Waals surface area contributed by atoms with E-state index < -0.39 is 0 Å². The van der Waals surface area contributed by atoms with Crippen molar-refractivity contribution in [3.8, 4) is 27.4 Å². The third-order valence-corrected chi connectivity index (χ3v) is 7.39. The Bertz CT molecular complexity index is 1460. The van der Waals surface area contributed by atoms with Crippen LogP contribution in [0.3, 0.4) is 0 Å². The maximum Gasteiger partial charge on any atom is 0.213 e. The Morgan fingerprint density at radius 3 is 2.25 bits per heavy atom. The Hall–Kier alpha value is -3.38. The van der Waals surface area contributed by atoms with Gasteiger partial charge in [0, 0.05) is 11.3 Å². The number of ether oxygens (including phenoxy) is 1. The molecule has 4 nitrogen and oxygen atoms in total. The van der Waals surface area contributed by atoms with Crippen molar-refractivity contribution in [2.75, 3.05) is 11.5 Å². The van der Waals surface area contributed by atoms with Crippen LogP contribution in [0.5, 0.6) is 5.75 Å². The zero-order chi connectivity index (χ0) is 24.9. The van der Waals surface area contributed by atoms with E-state index in [1.54, 1.807) is 6.07 Å². The summed E-state index contributed by atoms with van der Waals surface area (Å²) in [5.74, 6) is 0.812. The second-order valence-corrected chi connectivity index (χ2v) is 9.87. The van der Waals surface area contributed by atoms with Gasteiger partial charge < -0.3 is 9.64 Å². The molecule has 0 bridgehead atoms. The quantitative estimate of drug-likeness (QED) is 0.200. The van der Waals surface area contributed by atoms with E-state index in [9.17, 15) is 0 Å². The van der Waals surface area contributed by atoms with E-state index in [-0.39, 0.29) is 0 Å². The van der Waals surface area contributed by atoms with Crippen LogP contribution in [-0.4, -0.2) is 16.8 Å². The molecule has 0 radical (unpaired) electrons. The highest BCUT2D eigenvalue weighted by molar-refractivity contribution is 7.18. The molecule has 0 unspecified atom stereocenters. The maximum absolute atomic E-state index is 6.38. The minimum absolute atomic E-state index is 0.493. The van der Waals surface area contributed by atoms with Gasteiger partial charge in [0.15, 0.2) is 0 Å². The SMILES string of the molecule is CCOc1cccc(-c2nnc(N(Cc3ccc(-c4ccccc4)cc3)c3ccc(Cl)c(Cl)c3)s2)c1. The fraction of sp³-hybridized carbons (Fsp3) is 0.103. The van der Waals surface area contributed by atoms with Gasteiger partial charge >= 0.3 is 0 Å². The third-order valence-electron chi connectivity index (χ3n) is 5.65. The molecule has 7 heteroatoms. The van der Waals surface area contributed by atoms with Gasteiger partial charge in [0.25, 0.3) is 0 Å². The van der Waals surface area contributed by atoms with Crippen LogP contribution in [0.1, 0.15) is 12.5 Å². The van der Waals surface area contributed by atoms with Crippen molar-refractivity contribution in [3.05, 3.63) is 113 Å². The van der Waals surface area contributed by atoms with E-state index in [1.165, 1.54) is 22.5 Å². The van der Waals surface area contributed by atoms with E-state index in [0.29, 0.717) is 23.2 Å². The van der Waals surface area contributed by atoms with Crippen molar-refractivity contribution in [1.29, 1.82) is 0 Å². The molecule has 1 aromatic heterocycles. The number of anilines is 2. The summed E-state index contributed by atoms with van der Waals surface area (Å²) >= 11 is 14.1. The van der Waals surface area contributed by atoms with Gasteiger partial charge in [-0.2, -0.15) is 0 Å². The summed E-state index contributed by atoms with van der Waals surface area (Å²) in [5, 5.41) is 11.6. The average molecular weight is 532 g/mol. The highest BCUT2D eigenvalue weighted by Crippen LogP contribution is 2.37. The van der Waals surface area contributed by atoms with E-state index in [2.05, 4.69) is 51.5 Å². The molecule has 0 aliphatic heterocycles.